The number of halogens is 2. The van der Waals surface area contributed by atoms with E-state index in [4.69, 9.17) is 23.2 Å². The Bertz CT molecular complexity index is 837. The number of anilines is 1. The van der Waals surface area contributed by atoms with E-state index in [2.05, 4.69) is 20.8 Å². The Morgan fingerprint density at radius 2 is 1.92 bits per heavy atom. The third-order valence-electron chi connectivity index (χ3n) is 3.10. The summed E-state index contributed by atoms with van der Waals surface area (Å²) >= 11 is 11.7. The van der Waals surface area contributed by atoms with E-state index in [1.54, 1.807) is 19.1 Å². The number of amides is 2. The fraction of sp³-hybridized carbons (Fsp3) is 0.176. The molecule has 0 aliphatic rings. The lowest BCUT2D eigenvalue weighted by Gasteiger charge is -2.06. The number of aromatic nitrogens is 1. The zero-order valence-corrected chi connectivity index (χ0v) is 15.1. The molecule has 2 amide bonds. The van der Waals surface area contributed by atoms with Crippen LogP contribution in [-0.2, 0) is 4.79 Å². The highest BCUT2D eigenvalue weighted by Gasteiger charge is 2.09. The minimum absolute atomic E-state index is 0.0251. The second kappa shape index (κ2) is 8.60. The molecule has 8 heteroatoms. The van der Waals surface area contributed by atoms with Gasteiger partial charge in [-0.15, -0.1) is 0 Å². The van der Waals surface area contributed by atoms with Crippen LogP contribution < -0.4 is 10.7 Å². The first kappa shape index (κ1) is 18.9. The van der Waals surface area contributed by atoms with Gasteiger partial charge in [0, 0.05) is 17.0 Å². The molecule has 0 saturated heterocycles. The molecule has 1 heterocycles. The summed E-state index contributed by atoms with van der Waals surface area (Å²) in [6, 6.07) is 9.84. The zero-order valence-electron chi connectivity index (χ0n) is 13.6. The average Bonchev–Trinajstić information content (AvgIpc) is 2.55. The number of nitrogens with one attached hydrogen (secondary N) is 2. The Hall–Kier alpha value is -2.44. The zero-order chi connectivity index (χ0) is 18.4. The van der Waals surface area contributed by atoms with Gasteiger partial charge in [0.05, 0.1) is 16.5 Å². The van der Waals surface area contributed by atoms with Gasteiger partial charge in [-0.05, 0) is 44.2 Å². The second-order valence-corrected chi connectivity index (χ2v) is 6.12. The van der Waals surface area contributed by atoms with Gasteiger partial charge in [0.15, 0.2) is 0 Å². The maximum atomic E-state index is 12.0. The Kier molecular flexibility index (Phi) is 6.50. The van der Waals surface area contributed by atoms with Crippen molar-refractivity contribution in [3.8, 4) is 0 Å². The number of hydrogen-bond acceptors (Lipinski definition) is 4. The highest BCUT2D eigenvalue weighted by atomic mass is 35.5. The Morgan fingerprint density at radius 3 is 2.60 bits per heavy atom. The number of carbonyl (C=O) groups excluding carboxylic acids is 2. The normalized spacial score (nSPS) is 11.1. The molecule has 2 N–H and O–H groups in total. The first-order valence-electron chi connectivity index (χ1n) is 7.37. The molecular formula is C17H16Cl2N4O2. The third kappa shape index (κ3) is 5.85. The predicted octanol–water partition coefficient (Wildman–Crippen LogP) is 3.83. The quantitative estimate of drug-likeness (QED) is 0.612. The number of aryl methyl sites for hydroxylation is 1. The summed E-state index contributed by atoms with van der Waals surface area (Å²) in [4.78, 5) is 28.1. The van der Waals surface area contributed by atoms with E-state index in [1.165, 1.54) is 18.2 Å². The van der Waals surface area contributed by atoms with E-state index in [9.17, 15) is 9.59 Å². The Balaban J connectivity index is 1.91. The van der Waals surface area contributed by atoms with E-state index in [1.807, 2.05) is 13.0 Å². The van der Waals surface area contributed by atoms with E-state index in [-0.39, 0.29) is 17.4 Å². The fourth-order valence-corrected chi connectivity index (χ4v) is 2.22. The van der Waals surface area contributed by atoms with Gasteiger partial charge < -0.3 is 5.32 Å². The van der Waals surface area contributed by atoms with Crippen LogP contribution in [0.1, 0.15) is 29.4 Å². The van der Waals surface area contributed by atoms with Crippen molar-refractivity contribution in [3.05, 3.63) is 57.7 Å². The molecule has 2 rings (SSSR count). The monoisotopic (exact) mass is 378 g/mol. The lowest BCUT2D eigenvalue weighted by molar-refractivity contribution is -0.115. The molecule has 0 saturated carbocycles. The first-order valence-corrected chi connectivity index (χ1v) is 8.13. The van der Waals surface area contributed by atoms with Crippen molar-refractivity contribution in [1.29, 1.82) is 0 Å². The van der Waals surface area contributed by atoms with Crippen molar-refractivity contribution in [2.45, 2.75) is 20.3 Å². The molecule has 1 aromatic carbocycles. The number of pyridine rings is 1. The summed E-state index contributed by atoms with van der Waals surface area (Å²) in [5, 5.41) is 7.22. The molecule has 1 aromatic heterocycles. The molecule has 0 fully saturated rings. The summed E-state index contributed by atoms with van der Waals surface area (Å²) in [5.74, 6) is -0.251. The van der Waals surface area contributed by atoms with Gasteiger partial charge in [-0.1, -0.05) is 29.3 Å². The van der Waals surface area contributed by atoms with Crippen LogP contribution in [0.4, 0.5) is 5.82 Å². The molecule has 0 aliphatic heterocycles. The maximum absolute atomic E-state index is 12.0. The molecule has 0 radical (unpaired) electrons. The average molecular weight is 379 g/mol. The molecule has 25 heavy (non-hydrogen) atoms. The predicted molar refractivity (Wildman–Crippen MR) is 99.3 cm³/mol. The highest BCUT2D eigenvalue weighted by Crippen LogP contribution is 2.22. The fourth-order valence-electron chi connectivity index (χ4n) is 1.92. The van der Waals surface area contributed by atoms with Crippen LogP contribution in [0.3, 0.4) is 0 Å². The van der Waals surface area contributed by atoms with Crippen LogP contribution in [0, 0.1) is 6.92 Å². The van der Waals surface area contributed by atoms with Crippen LogP contribution in [0.5, 0.6) is 0 Å². The number of hydrazone groups is 1. The van der Waals surface area contributed by atoms with Gasteiger partial charge in [0.1, 0.15) is 5.82 Å². The lowest BCUT2D eigenvalue weighted by atomic mass is 10.2. The minimum Gasteiger partial charge on any atom is -0.310 e. The number of hydrogen-bond donors (Lipinski definition) is 2. The topological polar surface area (TPSA) is 83.4 Å². The van der Waals surface area contributed by atoms with E-state index in [0.717, 1.165) is 5.69 Å². The van der Waals surface area contributed by atoms with Gasteiger partial charge >= 0.3 is 0 Å². The second-order valence-electron chi connectivity index (χ2n) is 5.31. The van der Waals surface area contributed by atoms with Crippen LogP contribution >= 0.6 is 23.2 Å². The van der Waals surface area contributed by atoms with Crippen molar-refractivity contribution in [2.24, 2.45) is 5.10 Å². The van der Waals surface area contributed by atoms with Crippen molar-refractivity contribution in [3.63, 3.8) is 0 Å². The number of nitrogens with zero attached hydrogens (tertiary/aromatic N) is 2. The van der Waals surface area contributed by atoms with Crippen molar-refractivity contribution >= 4 is 46.5 Å². The molecule has 2 aromatic rings. The molecule has 0 spiro atoms. The molecule has 0 unspecified atom stereocenters. The van der Waals surface area contributed by atoms with Gasteiger partial charge in [0.25, 0.3) is 5.91 Å². The third-order valence-corrected chi connectivity index (χ3v) is 3.84. The van der Waals surface area contributed by atoms with Gasteiger partial charge in [-0.25, -0.2) is 10.4 Å². The van der Waals surface area contributed by atoms with E-state index < -0.39 is 5.91 Å². The van der Waals surface area contributed by atoms with Crippen LogP contribution in [-0.4, -0.2) is 22.5 Å². The lowest BCUT2D eigenvalue weighted by Crippen LogP contribution is -2.21. The maximum Gasteiger partial charge on any atom is 0.271 e. The van der Waals surface area contributed by atoms with Crippen LogP contribution in [0.2, 0.25) is 10.0 Å². The molecule has 0 atom stereocenters. The van der Waals surface area contributed by atoms with Crippen molar-refractivity contribution in [1.82, 2.24) is 10.4 Å². The SMILES string of the molecule is CC(CC(=O)Nc1cccc(C)n1)=NNC(=O)c1ccc(Cl)c(Cl)c1. The van der Waals surface area contributed by atoms with Crippen molar-refractivity contribution < 1.29 is 9.59 Å². The Labute approximate surface area is 155 Å². The summed E-state index contributed by atoms with van der Waals surface area (Å²) in [6.07, 6.45) is 0.0251. The summed E-state index contributed by atoms with van der Waals surface area (Å²) in [6.45, 7) is 3.47. The van der Waals surface area contributed by atoms with Gasteiger partial charge in [-0.3, -0.25) is 9.59 Å². The summed E-state index contributed by atoms with van der Waals surface area (Å²) < 4.78 is 0. The number of benzene rings is 1. The highest BCUT2D eigenvalue weighted by molar-refractivity contribution is 6.42. The van der Waals surface area contributed by atoms with Gasteiger partial charge in [-0.2, -0.15) is 5.10 Å². The van der Waals surface area contributed by atoms with Crippen molar-refractivity contribution in [2.75, 3.05) is 5.32 Å². The summed E-state index contributed by atoms with van der Waals surface area (Å²) in [7, 11) is 0. The number of rotatable bonds is 5. The molecular weight excluding hydrogens is 363 g/mol. The molecule has 130 valence electrons. The number of carbonyl (C=O) groups is 2. The van der Waals surface area contributed by atoms with Crippen LogP contribution in [0.15, 0.2) is 41.5 Å². The standard InChI is InChI=1S/C17H16Cl2N4O2/c1-10-4-3-5-15(20-10)21-16(24)8-11(2)22-23-17(25)12-6-7-13(18)14(19)9-12/h3-7,9H,8H2,1-2H3,(H,23,25)(H,20,21,24). The summed E-state index contributed by atoms with van der Waals surface area (Å²) in [5.41, 5.74) is 3.94. The first-order chi connectivity index (χ1) is 11.8. The molecule has 0 bridgehead atoms. The van der Waals surface area contributed by atoms with E-state index >= 15 is 0 Å². The molecule has 0 aliphatic carbocycles. The van der Waals surface area contributed by atoms with Crippen LogP contribution in [0.25, 0.3) is 0 Å². The Morgan fingerprint density at radius 1 is 1.16 bits per heavy atom. The molecule has 6 nitrogen and oxygen atoms in total. The smallest absolute Gasteiger partial charge is 0.271 e. The van der Waals surface area contributed by atoms with E-state index in [0.29, 0.717) is 22.1 Å². The minimum atomic E-state index is -0.446. The van der Waals surface area contributed by atoms with Gasteiger partial charge in [0.2, 0.25) is 5.91 Å². The largest absolute Gasteiger partial charge is 0.310 e.